The fourth-order valence-corrected chi connectivity index (χ4v) is 2.67. The van der Waals surface area contributed by atoms with Crippen LogP contribution in [0, 0.1) is 0 Å². The van der Waals surface area contributed by atoms with Crippen LogP contribution in [0.1, 0.15) is 0 Å². The lowest BCUT2D eigenvalue weighted by Crippen LogP contribution is -2.29. The number of hydrogen-bond donors (Lipinski definition) is 2. The van der Waals surface area contributed by atoms with Crippen molar-refractivity contribution in [3.63, 3.8) is 0 Å². The second kappa shape index (κ2) is 7.97. The molecule has 2 aromatic rings. The van der Waals surface area contributed by atoms with Gasteiger partial charge in [-0.3, -0.25) is 0 Å². The Labute approximate surface area is 128 Å². The van der Waals surface area contributed by atoms with E-state index in [2.05, 4.69) is 0 Å². The van der Waals surface area contributed by atoms with E-state index in [9.17, 15) is 0 Å². The second-order valence-corrected chi connectivity index (χ2v) is 5.43. The average molecular weight is 304 g/mol. The van der Waals surface area contributed by atoms with E-state index in [1.807, 2.05) is 24.3 Å². The Balaban J connectivity index is 1.83. The van der Waals surface area contributed by atoms with Gasteiger partial charge in [-0.2, -0.15) is 0 Å². The first kappa shape index (κ1) is 15.8. The van der Waals surface area contributed by atoms with Gasteiger partial charge in [-0.05, 0) is 29.7 Å². The summed E-state index contributed by atoms with van der Waals surface area (Å²) in [6.45, 7) is 0.522. The highest BCUT2D eigenvalue weighted by Crippen LogP contribution is 2.28. The van der Waals surface area contributed by atoms with Crippen LogP contribution in [0.5, 0.6) is 11.5 Å². The Bertz CT molecular complexity index is 577. The van der Waals surface area contributed by atoms with Crippen LogP contribution in [0.15, 0.2) is 53.4 Å². The summed E-state index contributed by atoms with van der Waals surface area (Å²) in [5.41, 5.74) is 0.421. The van der Waals surface area contributed by atoms with Crippen molar-refractivity contribution in [1.29, 1.82) is 0 Å². The van der Waals surface area contributed by atoms with E-state index in [0.29, 0.717) is 17.8 Å². The quantitative estimate of drug-likeness (QED) is 0.462. The molecule has 0 spiro atoms. The van der Waals surface area contributed by atoms with Crippen LogP contribution in [-0.2, 0) is 0 Å². The van der Waals surface area contributed by atoms with Crippen LogP contribution < -0.4 is 14.9 Å². The molecule has 0 aliphatic carbocycles. The summed E-state index contributed by atoms with van der Waals surface area (Å²) >= 11 is 1.65. The first-order valence-corrected chi connectivity index (χ1v) is 7.54. The number of hydrogen-bond acceptors (Lipinski definition) is 5. The number of rotatable bonds is 7. The minimum atomic E-state index is -1.48. The lowest BCUT2D eigenvalue weighted by molar-refractivity contribution is 0.343. The fraction of sp³-hybridized carbons (Fsp3) is 0.200. The van der Waals surface area contributed by atoms with Gasteiger partial charge in [0, 0.05) is 10.6 Å². The van der Waals surface area contributed by atoms with Crippen LogP contribution in [0.4, 0.5) is 0 Å². The van der Waals surface area contributed by atoms with Crippen LogP contribution in [0.2, 0.25) is 0 Å². The van der Waals surface area contributed by atoms with Gasteiger partial charge in [0.1, 0.15) is 11.5 Å². The van der Waals surface area contributed by atoms with E-state index in [1.54, 1.807) is 43.1 Å². The topological polar surface area (TPSA) is 58.9 Å². The van der Waals surface area contributed by atoms with Gasteiger partial charge < -0.3 is 19.5 Å². The van der Waals surface area contributed by atoms with E-state index in [-0.39, 0.29) is 0 Å². The molecule has 0 radical (unpaired) electrons. The van der Waals surface area contributed by atoms with Crippen molar-refractivity contribution in [2.45, 2.75) is 4.90 Å². The summed E-state index contributed by atoms with van der Waals surface area (Å²) < 4.78 is 10.9. The molecule has 0 fully saturated rings. The molecule has 2 aromatic carbocycles. The molecule has 4 nitrogen and oxygen atoms in total. The number of methoxy groups -OCH3 is 1. The molecule has 6 heteroatoms. The maximum absolute atomic E-state index is 9.11. The van der Waals surface area contributed by atoms with Crippen LogP contribution >= 0.6 is 11.8 Å². The first-order chi connectivity index (χ1) is 10.2. The lowest BCUT2D eigenvalue weighted by Gasteiger charge is -2.09. The molecule has 2 N–H and O–H groups in total. The molecule has 21 heavy (non-hydrogen) atoms. The van der Waals surface area contributed by atoms with Gasteiger partial charge in [0.15, 0.2) is 0 Å². The van der Waals surface area contributed by atoms with Crippen molar-refractivity contribution >= 4 is 24.3 Å². The third-order valence-corrected chi connectivity index (χ3v) is 3.85. The van der Waals surface area contributed by atoms with Gasteiger partial charge >= 0.3 is 7.12 Å². The smallest absolute Gasteiger partial charge is 0.488 e. The van der Waals surface area contributed by atoms with Crippen molar-refractivity contribution in [2.75, 3.05) is 19.5 Å². The molecule has 0 aromatic heterocycles. The molecular weight excluding hydrogens is 287 g/mol. The highest BCUT2D eigenvalue weighted by molar-refractivity contribution is 7.99. The summed E-state index contributed by atoms with van der Waals surface area (Å²) in [7, 11) is 0.179. The van der Waals surface area contributed by atoms with Crippen molar-refractivity contribution in [3.05, 3.63) is 48.5 Å². The highest BCUT2D eigenvalue weighted by Gasteiger charge is 2.11. The van der Waals surface area contributed by atoms with E-state index >= 15 is 0 Å². The maximum Gasteiger partial charge on any atom is 0.488 e. The number of thioether (sulfide) groups is 1. The predicted octanol–water partition coefficient (Wildman–Crippen LogP) is 1.55. The molecular formula is C15H17BO4S. The van der Waals surface area contributed by atoms with Gasteiger partial charge in [-0.1, -0.05) is 24.3 Å². The van der Waals surface area contributed by atoms with Gasteiger partial charge in [-0.15, -0.1) is 11.8 Å². The molecule has 2 rings (SSSR count). The minimum absolute atomic E-state index is 0.421. The summed E-state index contributed by atoms with van der Waals surface area (Å²) in [5, 5.41) is 18.2. The van der Waals surface area contributed by atoms with Crippen molar-refractivity contribution in [2.24, 2.45) is 0 Å². The fourth-order valence-electron chi connectivity index (χ4n) is 1.81. The Morgan fingerprint density at radius 3 is 2.67 bits per heavy atom. The molecule has 0 amide bonds. The summed E-state index contributed by atoms with van der Waals surface area (Å²) in [6.07, 6.45) is 0. The third kappa shape index (κ3) is 4.70. The molecule has 0 bridgehead atoms. The Kier molecular flexibility index (Phi) is 5.98. The average Bonchev–Trinajstić information content (AvgIpc) is 2.52. The number of ether oxygens (including phenoxy) is 2. The molecule has 0 atom stereocenters. The van der Waals surface area contributed by atoms with E-state index in [0.717, 1.165) is 16.4 Å². The van der Waals surface area contributed by atoms with Crippen molar-refractivity contribution in [3.8, 4) is 11.5 Å². The van der Waals surface area contributed by atoms with E-state index in [4.69, 9.17) is 19.5 Å². The second-order valence-electron chi connectivity index (χ2n) is 4.29. The zero-order valence-electron chi connectivity index (χ0n) is 11.7. The summed E-state index contributed by atoms with van der Waals surface area (Å²) in [6, 6.07) is 14.6. The van der Waals surface area contributed by atoms with Crippen LogP contribution in [-0.4, -0.2) is 36.6 Å². The largest absolute Gasteiger partial charge is 0.496 e. The molecule has 0 aliphatic heterocycles. The Morgan fingerprint density at radius 1 is 1.10 bits per heavy atom. The standard InChI is InChI=1S/C15H17BO4S/c1-19-14-7-2-3-8-15(14)21-10-9-20-13-6-4-5-12(11-13)16(17)18/h2-8,11,17-18H,9-10H2,1H3. The molecule has 0 heterocycles. The van der Waals surface area contributed by atoms with Gasteiger partial charge in [0.25, 0.3) is 0 Å². The highest BCUT2D eigenvalue weighted by atomic mass is 32.2. The first-order valence-electron chi connectivity index (χ1n) is 6.55. The lowest BCUT2D eigenvalue weighted by atomic mass is 9.80. The number of benzene rings is 2. The third-order valence-electron chi connectivity index (χ3n) is 2.83. The van der Waals surface area contributed by atoms with Crippen LogP contribution in [0.3, 0.4) is 0 Å². The van der Waals surface area contributed by atoms with Gasteiger partial charge in [-0.25, -0.2) is 0 Å². The summed E-state index contributed by atoms with van der Waals surface area (Å²) in [4.78, 5) is 1.07. The number of para-hydroxylation sites is 1. The van der Waals surface area contributed by atoms with Gasteiger partial charge in [0.05, 0.1) is 13.7 Å². The Morgan fingerprint density at radius 2 is 1.90 bits per heavy atom. The zero-order chi connectivity index (χ0) is 15.1. The Hall–Kier alpha value is -1.63. The normalized spacial score (nSPS) is 10.2. The molecule has 0 unspecified atom stereocenters. The molecule has 0 saturated heterocycles. The summed E-state index contributed by atoms with van der Waals surface area (Å²) in [5.74, 6) is 2.25. The van der Waals surface area contributed by atoms with Crippen molar-refractivity contribution < 1.29 is 19.5 Å². The molecule has 110 valence electrons. The minimum Gasteiger partial charge on any atom is -0.496 e. The zero-order valence-corrected chi connectivity index (χ0v) is 12.5. The van der Waals surface area contributed by atoms with Crippen molar-refractivity contribution in [1.82, 2.24) is 0 Å². The molecule has 0 aliphatic rings. The molecule has 0 saturated carbocycles. The predicted molar refractivity (Wildman–Crippen MR) is 85.5 cm³/mol. The van der Waals surface area contributed by atoms with Crippen LogP contribution in [0.25, 0.3) is 0 Å². The van der Waals surface area contributed by atoms with E-state index < -0.39 is 7.12 Å². The SMILES string of the molecule is COc1ccccc1SCCOc1cccc(B(O)O)c1. The van der Waals surface area contributed by atoms with Gasteiger partial charge in [0.2, 0.25) is 0 Å². The van der Waals surface area contributed by atoms with E-state index in [1.165, 1.54) is 0 Å². The maximum atomic E-state index is 9.11. The monoisotopic (exact) mass is 304 g/mol.